The van der Waals surface area contributed by atoms with E-state index in [1.807, 2.05) is 11.8 Å². The molecule has 0 bridgehead atoms. The fourth-order valence-corrected chi connectivity index (χ4v) is 1.88. The van der Waals surface area contributed by atoms with Gasteiger partial charge in [0.25, 0.3) is 0 Å². The summed E-state index contributed by atoms with van der Waals surface area (Å²) in [6, 6.07) is 0.109. The lowest BCUT2D eigenvalue weighted by atomic mass is 10.3. The van der Waals surface area contributed by atoms with Crippen LogP contribution in [0.15, 0.2) is 12.7 Å². The molecule has 3 N–H and O–H groups in total. The van der Waals surface area contributed by atoms with Crippen molar-refractivity contribution in [3.05, 3.63) is 12.7 Å². The topological polar surface area (TPSA) is 38.0 Å². The average Bonchev–Trinajstić information content (AvgIpc) is 2.37. The van der Waals surface area contributed by atoms with Crippen LogP contribution in [0.1, 0.15) is 0 Å². The minimum absolute atomic E-state index is 0.109. The van der Waals surface area contributed by atoms with Crippen LogP contribution in [0, 0.1) is 0 Å². The van der Waals surface area contributed by atoms with Crippen LogP contribution in [-0.2, 0) is 0 Å². The van der Waals surface area contributed by atoms with Gasteiger partial charge in [-0.3, -0.25) is 0 Å². The third-order valence-corrected chi connectivity index (χ3v) is 2.65. The number of hydrogen-bond donors (Lipinski definition) is 2. The normalized spacial score (nSPS) is 30.1. The summed E-state index contributed by atoms with van der Waals surface area (Å²) in [5, 5.41) is 3.68. The quantitative estimate of drug-likeness (QED) is 0.542. The third kappa shape index (κ3) is 1.71. The SMILES string of the molecule is C=CC(N)C1NCCS1. The molecule has 1 fully saturated rings. The van der Waals surface area contributed by atoms with E-state index in [9.17, 15) is 0 Å². The van der Waals surface area contributed by atoms with Crippen LogP contribution < -0.4 is 11.1 Å². The Morgan fingerprint density at radius 1 is 1.89 bits per heavy atom. The van der Waals surface area contributed by atoms with Crippen molar-refractivity contribution in [2.75, 3.05) is 12.3 Å². The molecular formula is C6H12N2S. The van der Waals surface area contributed by atoms with Gasteiger partial charge in [0.15, 0.2) is 0 Å². The average molecular weight is 144 g/mol. The van der Waals surface area contributed by atoms with Crippen LogP contribution >= 0.6 is 11.8 Å². The van der Waals surface area contributed by atoms with Crippen molar-refractivity contribution in [3.63, 3.8) is 0 Å². The summed E-state index contributed by atoms with van der Waals surface area (Å²) in [5.74, 6) is 1.17. The summed E-state index contributed by atoms with van der Waals surface area (Å²) in [5.41, 5.74) is 5.68. The molecule has 0 aromatic carbocycles. The second-order valence-corrected chi connectivity index (χ2v) is 3.31. The second-order valence-electron chi connectivity index (χ2n) is 2.06. The molecule has 0 aromatic rings. The van der Waals surface area contributed by atoms with E-state index in [0.29, 0.717) is 5.37 Å². The van der Waals surface area contributed by atoms with Crippen LogP contribution in [0.2, 0.25) is 0 Å². The van der Waals surface area contributed by atoms with Crippen LogP contribution in [0.3, 0.4) is 0 Å². The number of nitrogens with two attached hydrogens (primary N) is 1. The van der Waals surface area contributed by atoms with E-state index in [-0.39, 0.29) is 6.04 Å². The van der Waals surface area contributed by atoms with Gasteiger partial charge in [-0.1, -0.05) is 6.08 Å². The molecule has 1 rings (SSSR count). The molecule has 2 unspecified atom stereocenters. The molecule has 9 heavy (non-hydrogen) atoms. The van der Waals surface area contributed by atoms with Crippen LogP contribution in [0.4, 0.5) is 0 Å². The first-order chi connectivity index (χ1) is 4.34. The number of nitrogens with one attached hydrogen (secondary N) is 1. The van der Waals surface area contributed by atoms with Crippen molar-refractivity contribution in [2.24, 2.45) is 5.73 Å². The van der Waals surface area contributed by atoms with E-state index in [1.165, 1.54) is 5.75 Å². The lowest BCUT2D eigenvalue weighted by molar-refractivity contribution is 0.648. The van der Waals surface area contributed by atoms with Crippen LogP contribution in [0.25, 0.3) is 0 Å². The van der Waals surface area contributed by atoms with Crippen molar-refractivity contribution in [2.45, 2.75) is 11.4 Å². The summed E-state index contributed by atoms with van der Waals surface area (Å²) in [6.45, 7) is 4.71. The molecule has 3 heteroatoms. The molecule has 52 valence electrons. The number of thioether (sulfide) groups is 1. The maximum absolute atomic E-state index is 5.68. The summed E-state index contributed by atoms with van der Waals surface area (Å²) in [7, 11) is 0. The largest absolute Gasteiger partial charge is 0.322 e. The van der Waals surface area contributed by atoms with E-state index < -0.39 is 0 Å². The molecule has 0 amide bonds. The van der Waals surface area contributed by atoms with Gasteiger partial charge >= 0.3 is 0 Å². The highest BCUT2D eigenvalue weighted by Crippen LogP contribution is 2.15. The maximum atomic E-state index is 5.68. The summed E-state index contributed by atoms with van der Waals surface area (Å²) < 4.78 is 0. The summed E-state index contributed by atoms with van der Waals surface area (Å²) >= 11 is 1.87. The molecule has 2 atom stereocenters. The first kappa shape index (κ1) is 7.12. The van der Waals surface area contributed by atoms with E-state index in [1.54, 1.807) is 6.08 Å². The first-order valence-electron chi connectivity index (χ1n) is 3.07. The predicted octanol–water partition coefficient (Wildman–Crippen LogP) is 0.162. The predicted molar refractivity (Wildman–Crippen MR) is 42.4 cm³/mol. The minimum Gasteiger partial charge on any atom is -0.322 e. The first-order valence-corrected chi connectivity index (χ1v) is 4.12. The van der Waals surface area contributed by atoms with Gasteiger partial charge in [0.2, 0.25) is 0 Å². The molecule has 2 nitrogen and oxygen atoms in total. The fourth-order valence-electron chi connectivity index (χ4n) is 0.817. The van der Waals surface area contributed by atoms with Crippen molar-refractivity contribution in [1.29, 1.82) is 0 Å². The fraction of sp³-hybridized carbons (Fsp3) is 0.667. The second kappa shape index (κ2) is 3.25. The van der Waals surface area contributed by atoms with Gasteiger partial charge in [0, 0.05) is 18.3 Å². The third-order valence-electron chi connectivity index (χ3n) is 1.37. The lowest BCUT2D eigenvalue weighted by Crippen LogP contribution is -2.37. The number of rotatable bonds is 2. The number of hydrogen-bond acceptors (Lipinski definition) is 3. The van der Waals surface area contributed by atoms with Crippen molar-refractivity contribution >= 4 is 11.8 Å². The molecule has 0 aliphatic carbocycles. The van der Waals surface area contributed by atoms with Crippen molar-refractivity contribution in [3.8, 4) is 0 Å². The molecule has 1 aliphatic heterocycles. The summed E-state index contributed by atoms with van der Waals surface area (Å²) in [4.78, 5) is 0. The molecule has 0 spiro atoms. The lowest BCUT2D eigenvalue weighted by Gasteiger charge is -2.13. The van der Waals surface area contributed by atoms with Gasteiger partial charge in [0.1, 0.15) is 0 Å². The molecular weight excluding hydrogens is 132 g/mol. The van der Waals surface area contributed by atoms with Crippen LogP contribution in [0.5, 0.6) is 0 Å². The molecule has 0 radical (unpaired) electrons. The highest BCUT2D eigenvalue weighted by Gasteiger charge is 2.18. The zero-order chi connectivity index (χ0) is 6.69. The van der Waals surface area contributed by atoms with E-state index in [2.05, 4.69) is 11.9 Å². The maximum Gasteiger partial charge on any atom is 0.0722 e. The molecule has 1 saturated heterocycles. The van der Waals surface area contributed by atoms with E-state index in [0.717, 1.165) is 6.54 Å². The zero-order valence-corrected chi connectivity index (χ0v) is 6.16. The highest BCUT2D eigenvalue weighted by molar-refractivity contribution is 8.00. The van der Waals surface area contributed by atoms with Gasteiger partial charge in [0.05, 0.1) is 5.37 Å². The molecule has 0 aromatic heterocycles. The summed E-state index contributed by atoms with van der Waals surface area (Å²) in [6.07, 6.45) is 1.79. The Morgan fingerprint density at radius 2 is 2.67 bits per heavy atom. The molecule has 1 aliphatic rings. The Morgan fingerprint density at radius 3 is 3.11 bits per heavy atom. The Kier molecular flexibility index (Phi) is 2.57. The van der Waals surface area contributed by atoms with Crippen LogP contribution in [-0.4, -0.2) is 23.7 Å². The monoisotopic (exact) mass is 144 g/mol. The van der Waals surface area contributed by atoms with Gasteiger partial charge < -0.3 is 11.1 Å². The van der Waals surface area contributed by atoms with Crippen molar-refractivity contribution in [1.82, 2.24) is 5.32 Å². The standard InChI is InChI=1S/C6H12N2S/c1-2-5(7)6-8-3-4-9-6/h2,5-6,8H,1,3-4,7H2. The van der Waals surface area contributed by atoms with E-state index in [4.69, 9.17) is 5.73 Å². The minimum atomic E-state index is 0.109. The highest BCUT2D eigenvalue weighted by atomic mass is 32.2. The zero-order valence-electron chi connectivity index (χ0n) is 5.34. The Labute approximate surface area is 59.9 Å². The van der Waals surface area contributed by atoms with Gasteiger partial charge in [-0.05, 0) is 0 Å². The Bertz CT molecular complexity index is 99.2. The van der Waals surface area contributed by atoms with Gasteiger partial charge in [-0.15, -0.1) is 18.3 Å². The van der Waals surface area contributed by atoms with Crippen molar-refractivity contribution < 1.29 is 0 Å². The molecule has 0 saturated carbocycles. The smallest absolute Gasteiger partial charge is 0.0722 e. The van der Waals surface area contributed by atoms with Gasteiger partial charge in [-0.25, -0.2) is 0 Å². The molecule has 1 heterocycles. The van der Waals surface area contributed by atoms with Gasteiger partial charge in [-0.2, -0.15) is 0 Å². The Hall–Kier alpha value is 0.0100. The Balaban J connectivity index is 2.32. The van der Waals surface area contributed by atoms with E-state index >= 15 is 0 Å².